The number of benzene rings is 2. The molecule has 2 aromatic heterocycles. The van der Waals surface area contributed by atoms with E-state index >= 15 is 0 Å². The summed E-state index contributed by atoms with van der Waals surface area (Å²) in [5.41, 5.74) is 3.66. The van der Waals surface area contributed by atoms with Crippen LogP contribution in [-0.4, -0.2) is 29.1 Å². The molecule has 9 heteroatoms. The van der Waals surface area contributed by atoms with E-state index in [0.29, 0.717) is 16.6 Å². The number of rotatable bonds is 6. The number of thiocarbonyl (C=S) groups is 1. The van der Waals surface area contributed by atoms with Crippen LogP contribution in [-0.2, 0) is 0 Å². The molecule has 5 rings (SSSR count). The van der Waals surface area contributed by atoms with Crippen LogP contribution < -0.4 is 15.1 Å². The zero-order valence-corrected chi connectivity index (χ0v) is 20.0. The van der Waals surface area contributed by atoms with Crippen molar-refractivity contribution in [2.45, 2.75) is 12.1 Å². The lowest BCUT2D eigenvalue weighted by Crippen LogP contribution is -2.29. The lowest BCUT2D eigenvalue weighted by atomic mass is 10.0. The standard InChI is InChI=1S/C26H23N5O3S/c1-29(2)18-10-12-19(13-11-18)30-25(24(28-26(30)35)21-5-3-4-16-27-21)23-15-14-22(34-23)17-6-8-20(9-7-17)31(32)33/h3-16,24-25H,1-2H3,(H,28,35)/t24-,25+/m0/s1. The molecule has 0 amide bonds. The van der Waals surface area contributed by atoms with E-state index in [1.54, 1.807) is 18.3 Å². The Hall–Kier alpha value is -4.24. The molecule has 0 radical (unpaired) electrons. The average Bonchev–Trinajstić information content (AvgIpc) is 3.49. The highest BCUT2D eigenvalue weighted by atomic mass is 32.1. The fourth-order valence-electron chi connectivity index (χ4n) is 4.25. The van der Waals surface area contributed by atoms with Crippen LogP contribution in [0.3, 0.4) is 0 Å². The predicted octanol–water partition coefficient (Wildman–Crippen LogP) is 5.49. The van der Waals surface area contributed by atoms with Crippen molar-refractivity contribution in [2.24, 2.45) is 0 Å². The molecule has 0 bridgehead atoms. The first-order valence-electron chi connectivity index (χ1n) is 11.0. The van der Waals surface area contributed by atoms with E-state index in [2.05, 4.69) is 10.3 Å². The summed E-state index contributed by atoms with van der Waals surface area (Å²) in [4.78, 5) is 19.2. The van der Waals surface area contributed by atoms with Gasteiger partial charge in [-0.1, -0.05) is 6.07 Å². The number of hydrogen-bond donors (Lipinski definition) is 1. The second-order valence-corrected chi connectivity index (χ2v) is 8.80. The molecule has 1 aliphatic heterocycles. The topological polar surface area (TPSA) is 87.7 Å². The molecule has 35 heavy (non-hydrogen) atoms. The van der Waals surface area contributed by atoms with Gasteiger partial charge >= 0.3 is 0 Å². The lowest BCUT2D eigenvalue weighted by Gasteiger charge is -2.26. The number of nitro groups is 1. The van der Waals surface area contributed by atoms with E-state index in [1.165, 1.54) is 12.1 Å². The van der Waals surface area contributed by atoms with Crippen molar-refractivity contribution < 1.29 is 9.34 Å². The summed E-state index contributed by atoms with van der Waals surface area (Å²) in [6.45, 7) is 0. The predicted molar refractivity (Wildman–Crippen MR) is 139 cm³/mol. The van der Waals surface area contributed by atoms with Crippen LogP contribution in [0.5, 0.6) is 0 Å². The minimum atomic E-state index is -0.417. The number of aromatic nitrogens is 1. The minimum Gasteiger partial charge on any atom is -0.459 e. The summed E-state index contributed by atoms with van der Waals surface area (Å²) in [6.07, 6.45) is 1.76. The third-order valence-electron chi connectivity index (χ3n) is 6.02. The van der Waals surface area contributed by atoms with Gasteiger partial charge in [-0.25, -0.2) is 0 Å². The maximum atomic E-state index is 11.0. The molecule has 0 aliphatic carbocycles. The van der Waals surface area contributed by atoms with Crippen molar-refractivity contribution in [3.63, 3.8) is 0 Å². The molecule has 1 aliphatic rings. The molecule has 1 saturated heterocycles. The first-order chi connectivity index (χ1) is 16.9. The maximum absolute atomic E-state index is 11.0. The Balaban J connectivity index is 1.55. The molecule has 8 nitrogen and oxygen atoms in total. The first kappa shape index (κ1) is 22.5. The van der Waals surface area contributed by atoms with Gasteiger partial charge in [0.1, 0.15) is 17.6 Å². The van der Waals surface area contributed by atoms with Crippen LogP contribution in [0.4, 0.5) is 17.1 Å². The van der Waals surface area contributed by atoms with Crippen LogP contribution in [0.1, 0.15) is 23.5 Å². The second-order valence-electron chi connectivity index (χ2n) is 8.41. The molecule has 0 spiro atoms. The zero-order chi connectivity index (χ0) is 24.5. The van der Waals surface area contributed by atoms with E-state index < -0.39 is 4.92 Å². The maximum Gasteiger partial charge on any atom is 0.269 e. The number of anilines is 2. The lowest BCUT2D eigenvalue weighted by molar-refractivity contribution is -0.384. The van der Waals surface area contributed by atoms with Gasteiger partial charge in [0.25, 0.3) is 5.69 Å². The Bertz CT molecular complexity index is 1350. The Labute approximate surface area is 208 Å². The van der Waals surface area contributed by atoms with Crippen molar-refractivity contribution in [1.82, 2.24) is 10.3 Å². The summed E-state index contributed by atoms with van der Waals surface area (Å²) in [5, 5.41) is 15.0. The van der Waals surface area contributed by atoms with Gasteiger partial charge in [-0.05, 0) is 72.9 Å². The van der Waals surface area contributed by atoms with E-state index in [-0.39, 0.29) is 17.8 Å². The highest BCUT2D eigenvalue weighted by molar-refractivity contribution is 7.80. The van der Waals surface area contributed by atoms with Gasteiger partial charge in [-0.2, -0.15) is 0 Å². The summed E-state index contributed by atoms with van der Waals surface area (Å²) in [7, 11) is 4.00. The second kappa shape index (κ2) is 9.19. The first-order valence-corrected chi connectivity index (χ1v) is 11.5. The van der Waals surface area contributed by atoms with Gasteiger partial charge in [-0.3, -0.25) is 15.1 Å². The molecule has 3 heterocycles. The van der Waals surface area contributed by atoms with Crippen molar-refractivity contribution in [3.05, 3.63) is 107 Å². The third-order valence-corrected chi connectivity index (χ3v) is 6.34. The molecule has 0 unspecified atom stereocenters. The number of furan rings is 1. The average molecular weight is 486 g/mol. The quantitative estimate of drug-likeness (QED) is 0.218. The summed E-state index contributed by atoms with van der Waals surface area (Å²) in [6, 6.07) is 23.6. The van der Waals surface area contributed by atoms with Gasteiger partial charge in [0, 0.05) is 49.4 Å². The molecular formula is C26H23N5O3S. The Morgan fingerprint density at radius 2 is 1.77 bits per heavy atom. The van der Waals surface area contributed by atoms with Crippen molar-refractivity contribution in [1.29, 1.82) is 0 Å². The molecule has 0 saturated carbocycles. The molecule has 1 N–H and O–H groups in total. The van der Waals surface area contributed by atoms with Gasteiger partial charge < -0.3 is 19.5 Å². The fraction of sp³-hybridized carbons (Fsp3) is 0.154. The van der Waals surface area contributed by atoms with Crippen LogP contribution >= 0.6 is 12.2 Å². The third kappa shape index (κ3) is 4.33. The molecule has 1 fully saturated rings. The molecular weight excluding hydrogens is 462 g/mol. The van der Waals surface area contributed by atoms with Crippen molar-refractivity contribution in [2.75, 3.05) is 23.9 Å². The van der Waals surface area contributed by atoms with Crippen LogP contribution in [0.2, 0.25) is 0 Å². The van der Waals surface area contributed by atoms with Crippen LogP contribution in [0.15, 0.2) is 89.5 Å². The minimum absolute atomic E-state index is 0.0356. The smallest absolute Gasteiger partial charge is 0.269 e. The van der Waals surface area contributed by atoms with Crippen LogP contribution in [0, 0.1) is 10.1 Å². The van der Waals surface area contributed by atoms with Gasteiger partial charge in [0.05, 0.1) is 16.7 Å². The normalized spacial score (nSPS) is 17.3. The molecule has 2 aromatic carbocycles. The fourth-order valence-corrected chi connectivity index (χ4v) is 4.59. The largest absolute Gasteiger partial charge is 0.459 e. The van der Waals surface area contributed by atoms with Gasteiger partial charge in [0.2, 0.25) is 0 Å². The van der Waals surface area contributed by atoms with Gasteiger partial charge in [0.15, 0.2) is 5.11 Å². The number of nitrogens with one attached hydrogen (secondary N) is 1. The van der Waals surface area contributed by atoms with E-state index in [0.717, 1.165) is 22.6 Å². The van der Waals surface area contributed by atoms with E-state index in [1.807, 2.05) is 78.5 Å². The monoisotopic (exact) mass is 485 g/mol. The zero-order valence-electron chi connectivity index (χ0n) is 19.2. The Morgan fingerprint density at radius 1 is 1.03 bits per heavy atom. The molecule has 4 aromatic rings. The van der Waals surface area contributed by atoms with E-state index in [4.69, 9.17) is 16.6 Å². The van der Waals surface area contributed by atoms with Gasteiger partial charge in [-0.15, -0.1) is 0 Å². The summed E-state index contributed by atoms with van der Waals surface area (Å²) >= 11 is 5.77. The highest BCUT2D eigenvalue weighted by Crippen LogP contribution is 2.43. The number of hydrogen-bond acceptors (Lipinski definition) is 6. The van der Waals surface area contributed by atoms with Crippen molar-refractivity contribution in [3.8, 4) is 11.3 Å². The molecule has 2 atom stereocenters. The Kier molecular flexibility index (Phi) is 5.92. The molecule has 176 valence electrons. The van der Waals surface area contributed by atoms with Crippen LogP contribution in [0.25, 0.3) is 11.3 Å². The summed E-state index contributed by atoms with van der Waals surface area (Å²) < 4.78 is 6.32. The number of pyridine rings is 1. The number of nitrogens with zero attached hydrogens (tertiary/aromatic N) is 4. The SMILES string of the molecule is CN(C)c1ccc(N2C(=S)N[C@@H](c3ccccn3)[C@H]2c2ccc(-c3ccc([N+](=O)[O-])cc3)o2)cc1. The highest BCUT2D eigenvalue weighted by Gasteiger charge is 2.42. The van der Waals surface area contributed by atoms with E-state index in [9.17, 15) is 10.1 Å². The Morgan fingerprint density at radius 3 is 2.40 bits per heavy atom. The number of non-ortho nitro benzene ring substituents is 1. The summed E-state index contributed by atoms with van der Waals surface area (Å²) in [5.74, 6) is 1.33. The van der Waals surface area contributed by atoms with Crippen molar-refractivity contribution >= 4 is 34.4 Å². The number of nitro benzene ring substituents is 1.